The van der Waals surface area contributed by atoms with Crippen LogP contribution in [0, 0.1) is 0 Å². The number of methoxy groups -OCH3 is 1. The van der Waals surface area contributed by atoms with Gasteiger partial charge in [-0.25, -0.2) is 0 Å². The zero-order valence-corrected chi connectivity index (χ0v) is 10.2. The molecule has 0 amide bonds. The largest absolute Gasteiger partial charge is 0.468 e. The molecule has 84 valence electrons. The Hall–Kier alpha value is -0.480. The van der Waals surface area contributed by atoms with Crippen molar-refractivity contribution in [3.05, 3.63) is 33.8 Å². The number of carbonyl (C=O) groups excluding carboxylic acids is 1. The van der Waals surface area contributed by atoms with Gasteiger partial charge in [-0.2, -0.15) is 0 Å². The van der Waals surface area contributed by atoms with E-state index in [4.69, 9.17) is 28.9 Å². The average Bonchev–Trinajstić information content (AvgIpc) is 2.20. The van der Waals surface area contributed by atoms with Gasteiger partial charge in [0.1, 0.15) is 6.04 Å². The summed E-state index contributed by atoms with van der Waals surface area (Å²) in [6.45, 7) is 0. The number of hydrogen-bond acceptors (Lipinski definition) is 3. The fourth-order valence-electron chi connectivity index (χ4n) is 1.01. The second-order valence-electron chi connectivity index (χ2n) is 2.64. The SMILES string of the molecule is COC(=O)[C@@H](N)c1cccc(Cl)c1Cl.Cl. The summed E-state index contributed by atoms with van der Waals surface area (Å²) in [6.07, 6.45) is 0. The molecule has 0 saturated carbocycles. The number of rotatable bonds is 2. The number of hydrogen-bond donors (Lipinski definition) is 1. The highest BCUT2D eigenvalue weighted by atomic mass is 35.5. The van der Waals surface area contributed by atoms with Crippen LogP contribution in [0.5, 0.6) is 0 Å². The molecule has 0 heterocycles. The van der Waals surface area contributed by atoms with Crippen molar-refractivity contribution in [2.24, 2.45) is 5.73 Å². The molecule has 3 nitrogen and oxygen atoms in total. The van der Waals surface area contributed by atoms with Crippen LogP contribution in [0.15, 0.2) is 18.2 Å². The lowest BCUT2D eigenvalue weighted by atomic mass is 10.1. The van der Waals surface area contributed by atoms with Gasteiger partial charge in [0.2, 0.25) is 0 Å². The molecule has 1 atom stereocenters. The fourth-order valence-corrected chi connectivity index (χ4v) is 1.44. The van der Waals surface area contributed by atoms with Gasteiger partial charge in [-0.15, -0.1) is 12.4 Å². The lowest BCUT2D eigenvalue weighted by Gasteiger charge is -2.11. The van der Waals surface area contributed by atoms with Gasteiger partial charge in [0, 0.05) is 5.56 Å². The molecule has 0 aromatic heterocycles. The summed E-state index contributed by atoms with van der Waals surface area (Å²) in [5.41, 5.74) is 6.07. The highest BCUT2D eigenvalue weighted by Gasteiger charge is 2.19. The van der Waals surface area contributed by atoms with Gasteiger partial charge in [-0.3, -0.25) is 4.79 Å². The third-order valence-corrected chi connectivity index (χ3v) is 2.61. The molecular weight excluding hydrogens is 260 g/mol. The quantitative estimate of drug-likeness (QED) is 0.841. The highest BCUT2D eigenvalue weighted by Crippen LogP contribution is 2.29. The number of esters is 1. The van der Waals surface area contributed by atoms with E-state index < -0.39 is 12.0 Å². The van der Waals surface area contributed by atoms with E-state index in [1.165, 1.54) is 7.11 Å². The molecule has 0 bridgehead atoms. The van der Waals surface area contributed by atoms with E-state index in [0.717, 1.165) is 0 Å². The summed E-state index contributed by atoms with van der Waals surface area (Å²) in [7, 11) is 1.26. The summed E-state index contributed by atoms with van der Waals surface area (Å²) in [5.74, 6) is -0.547. The molecule has 1 rings (SSSR count). The van der Waals surface area contributed by atoms with Crippen LogP contribution in [0.4, 0.5) is 0 Å². The van der Waals surface area contributed by atoms with Crippen LogP contribution in [0.3, 0.4) is 0 Å². The third-order valence-electron chi connectivity index (χ3n) is 1.77. The Morgan fingerprint density at radius 2 is 2.07 bits per heavy atom. The molecule has 6 heteroatoms. The van der Waals surface area contributed by atoms with Crippen LogP contribution in [-0.4, -0.2) is 13.1 Å². The molecule has 0 spiro atoms. The standard InChI is InChI=1S/C9H9Cl2NO2.ClH/c1-14-9(13)8(12)5-3-2-4-6(10)7(5)11;/h2-4,8H,12H2,1H3;1H/t8-;/m0./s1. The number of nitrogens with two attached hydrogens (primary N) is 1. The molecule has 0 saturated heterocycles. The van der Waals surface area contributed by atoms with Crippen molar-refractivity contribution >= 4 is 41.6 Å². The smallest absolute Gasteiger partial charge is 0.327 e. The van der Waals surface area contributed by atoms with Gasteiger partial charge < -0.3 is 10.5 Å². The molecule has 0 fully saturated rings. The van der Waals surface area contributed by atoms with E-state index in [2.05, 4.69) is 4.74 Å². The summed E-state index contributed by atoms with van der Waals surface area (Å²) in [4.78, 5) is 11.1. The van der Waals surface area contributed by atoms with Crippen molar-refractivity contribution in [2.45, 2.75) is 6.04 Å². The van der Waals surface area contributed by atoms with Crippen LogP contribution in [0.2, 0.25) is 10.0 Å². The zero-order valence-electron chi connectivity index (χ0n) is 7.87. The van der Waals surface area contributed by atoms with Crippen molar-refractivity contribution in [3.8, 4) is 0 Å². The first-order valence-corrected chi connectivity index (χ1v) is 4.61. The molecule has 1 aromatic carbocycles. The lowest BCUT2D eigenvalue weighted by Crippen LogP contribution is -2.22. The Bertz CT molecular complexity index is 357. The lowest BCUT2D eigenvalue weighted by molar-refractivity contribution is -0.142. The zero-order chi connectivity index (χ0) is 10.7. The monoisotopic (exact) mass is 269 g/mol. The van der Waals surface area contributed by atoms with Gasteiger partial charge in [-0.1, -0.05) is 35.3 Å². The summed E-state index contributed by atoms with van der Waals surface area (Å²) in [6, 6.07) is 4.03. The van der Waals surface area contributed by atoms with Crippen LogP contribution < -0.4 is 5.73 Å². The second kappa shape index (κ2) is 6.18. The first-order valence-electron chi connectivity index (χ1n) is 3.85. The Morgan fingerprint density at radius 3 is 2.60 bits per heavy atom. The molecule has 2 N–H and O–H groups in total. The Kier molecular flexibility index (Phi) is 5.98. The van der Waals surface area contributed by atoms with Gasteiger partial charge in [0.15, 0.2) is 0 Å². The summed E-state index contributed by atoms with van der Waals surface area (Å²) in [5, 5.41) is 0.649. The minimum absolute atomic E-state index is 0. The number of ether oxygens (including phenoxy) is 1. The van der Waals surface area contributed by atoms with Crippen molar-refractivity contribution < 1.29 is 9.53 Å². The van der Waals surface area contributed by atoms with E-state index in [9.17, 15) is 4.79 Å². The van der Waals surface area contributed by atoms with Crippen molar-refractivity contribution in [2.75, 3.05) is 7.11 Å². The van der Waals surface area contributed by atoms with Gasteiger partial charge in [-0.05, 0) is 6.07 Å². The topological polar surface area (TPSA) is 52.3 Å². The molecule has 15 heavy (non-hydrogen) atoms. The van der Waals surface area contributed by atoms with Gasteiger partial charge >= 0.3 is 5.97 Å². The maximum Gasteiger partial charge on any atom is 0.327 e. The van der Waals surface area contributed by atoms with Crippen LogP contribution in [0.1, 0.15) is 11.6 Å². The van der Waals surface area contributed by atoms with E-state index in [1.54, 1.807) is 18.2 Å². The predicted molar refractivity (Wildman–Crippen MR) is 62.7 cm³/mol. The molecule has 0 aliphatic carbocycles. The van der Waals surface area contributed by atoms with Crippen molar-refractivity contribution in [1.82, 2.24) is 0 Å². The minimum Gasteiger partial charge on any atom is -0.468 e. The predicted octanol–water partition coefficient (Wildman–Crippen LogP) is 2.59. The Balaban J connectivity index is 0.00000196. The van der Waals surface area contributed by atoms with Crippen molar-refractivity contribution in [1.29, 1.82) is 0 Å². The Labute approximate surface area is 104 Å². The molecule has 0 unspecified atom stereocenters. The minimum atomic E-state index is -0.897. The van der Waals surface area contributed by atoms with Crippen molar-refractivity contribution in [3.63, 3.8) is 0 Å². The normalized spacial score (nSPS) is 11.5. The van der Waals surface area contributed by atoms with E-state index in [1.807, 2.05) is 0 Å². The first kappa shape index (κ1) is 14.5. The number of halogens is 3. The third kappa shape index (κ3) is 3.24. The summed E-state index contributed by atoms with van der Waals surface area (Å²) < 4.78 is 4.50. The molecule has 0 aliphatic heterocycles. The second-order valence-corrected chi connectivity index (χ2v) is 3.43. The van der Waals surface area contributed by atoms with Crippen LogP contribution >= 0.6 is 35.6 Å². The molecule has 0 aliphatic rings. The maximum absolute atomic E-state index is 11.1. The van der Waals surface area contributed by atoms with Crippen LogP contribution in [-0.2, 0) is 9.53 Å². The number of carbonyl (C=O) groups is 1. The molecule has 0 radical (unpaired) electrons. The highest BCUT2D eigenvalue weighted by molar-refractivity contribution is 6.42. The molecular formula is C9H10Cl3NO2. The Morgan fingerprint density at radius 1 is 1.47 bits per heavy atom. The fraction of sp³-hybridized carbons (Fsp3) is 0.222. The van der Waals surface area contributed by atoms with E-state index in [0.29, 0.717) is 10.6 Å². The van der Waals surface area contributed by atoms with Gasteiger partial charge in [0.05, 0.1) is 17.2 Å². The van der Waals surface area contributed by atoms with Crippen LogP contribution in [0.25, 0.3) is 0 Å². The van der Waals surface area contributed by atoms with E-state index in [-0.39, 0.29) is 17.4 Å². The molecule has 1 aromatic rings. The van der Waals surface area contributed by atoms with E-state index >= 15 is 0 Å². The summed E-state index contributed by atoms with van der Waals surface area (Å²) >= 11 is 11.6. The number of benzene rings is 1. The average molecular weight is 271 g/mol. The van der Waals surface area contributed by atoms with Gasteiger partial charge in [0.25, 0.3) is 0 Å². The first-order chi connectivity index (χ1) is 6.57. The maximum atomic E-state index is 11.1.